The van der Waals surface area contributed by atoms with Crippen molar-refractivity contribution in [2.75, 3.05) is 38.6 Å². The average Bonchev–Trinajstić information content (AvgIpc) is 3.46. The molecule has 2 saturated carbocycles. The van der Waals surface area contributed by atoms with Crippen LogP contribution in [-0.4, -0.2) is 107 Å². The van der Waals surface area contributed by atoms with E-state index >= 15 is 0 Å². The van der Waals surface area contributed by atoms with Gasteiger partial charge in [-0.3, -0.25) is 9.59 Å². The van der Waals surface area contributed by atoms with Crippen molar-refractivity contribution < 1.29 is 19.4 Å². The zero-order chi connectivity index (χ0) is 35.9. The number of fused-ring (bicyclic) bond motifs is 4. The number of imidazole rings is 1. The molecule has 0 spiro atoms. The van der Waals surface area contributed by atoms with Crippen LogP contribution in [0.5, 0.6) is 5.75 Å². The first-order chi connectivity index (χ1) is 25.1. The van der Waals surface area contributed by atoms with Crippen molar-refractivity contribution in [3.8, 4) is 17.3 Å². The third-order valence-corrected chi connectivity index (χ3v) is 11.2. The maximum atomic E-state index is 14.0. The Morgan fingerprint density at radius 2 is 1.81 bits per heavy atom. The third-order valence-electron chi connectivity index (χ3n) is 11.2. The van der Waals surface area contributed by atoms with Crippen LogP contribution in [-0.2, 0) is 6.54 Å². The minimum absolute atomic E-state index is 0.0199. The van der Waals surface area contributed by atoms with E-state index in [2.05, 4.69) is 36.6 Å². The predicted octanol–water partition coefficient (Wildman–Crippen LogP) is 3.70. The Balaban J connectivity index is 1.08. The molecule has 2 bridgehead atoms. The minimum Gasteiger partial charge on any atom is -0.494 e. The van der Waals surface area contributed by atoms with Crippen LogP contribution in [0, 0.1) is 11.8 Å². The summed E-state index contributed by atoms with van der Waals surface area (Å²) in [6.07, 6.45) is 9.21. The van der Waals surface area contributed by atoms with Gasteiger partial charge in [0.25, 0.3) is 11.8 Å². The molecule has 2 aliphatic carbocycles. The van der Waals surface area contributed by atoms with E-state index < -0.39 is 5.60 Å². The molecule has 6 heterocycles. The molecule has 0 unspecified atom stereocenters. The van der Waals surface area contributed by atoms with Gasteiger partial charge in [0, 0.05) is 74.3 Å². The summed E-state index contributed by atoms with van der Waals surface area (Å²) in [6.45, 7) is 6.06. The Morgan fingerprint density at radius 1 is 1.02 bits per heavy atom. The monoisotopic (exact) mass is 704 g/mol. The zero-order valence-corrected chi connectivity index (χ0v) is 29.7. The number of carbonyl (C=O) groups is 2. The minimum atomic E-state index is -0.925. The number of aliphatic hydroxyl groups is 1. The number of methoxy groups -OCH3 is 1. The molecule has 14 heteroatoms. The van der Waals surface area contributed by atoms with Gasteiger partial charge in [-0.25, -0.2) is 19.9 Å². The summed E-state index contributed by atoms with van der Waals surface area (Å²) < 4.78 is 10.5. The highest BCUT2D eigenvalue weighted by Gasteiger charge is 2.47. The quantitative estimate of drug-likeness (QED) is 0.195. The molecule has 1 aromatic carbocycles. The summed E-state index contributed by atoms with van der Waals surface area (Å²) in [5, 5.41) is 14.0. The molecule has 4 N–H and O–H groups in total. The Labute approximate surface area is 301 Å². The molecule has 2 amide bonds. The topological polar surface area (TPSA) is 170 Å². The fourth-order valence-corrected chi connectivity index (χ4v) is 8.27. The smallest absolute Gasteiger partial charge is 0.257 e. The van der Waals surface area contributed by atoms with E-state index in [-0.39, 0.29) is 36.5 Å². The predicted molar refractivity (Wildman–Crippen MR) is 195 cm³/mol. The van der Waals surface area contributed by atoms with E-state index in [4.69, 9.17) is 20.4 Å². The first-order valence-corrected chi connectivity index (χ1v) is 18.2. The summed E-state index contributed by atoms with van der Waals surface area (Å²) in [4.78, 5) is 50.0. The molecule has 3 atom stereocenters. The number of nitrogens with two attached hydrogens (primary N) is 1. The van der Waals surface area contributed by atoms with Gasteiger partial charge < -0.3 is 39.8 Å². The SMILES string of the molecule is COc1cc(C(=O)N2C[C@H]3CC[C@@H]2[C@@H]3N)cc2nc(-c3cc4cccnc4n3CC3CC3)n(C3CN(C(=O)c4cnc(NCC(C)(C)O)nc4)C3)c12. The molecule has 9 rings (SSSR count). The van der Waals surface area contributed by atoms with Gasteiger partial charge in [0.1, 0.15) is 16.9 Å². The molecule has 270 valence electrons. The van der Waals surface area contributed by atoms with Gasteiger partial charge in [-0.15, -0.1) is 0 Å². The summed E-state index contributed by atoms with van der Waals surface area (Å²) >= 11 is 0. The molecule has 14 nitrogen and oxygen atoms in total. The van der Waals surface area contributed by atoms with Crippen LogP contribution in [0.15, 0.2) is 48.9 Å². The standard InChI is InChI=1S/C38H44N10O4/c1-38(2,51)20-43-37-41-14-25(15-42-37)35(49)45-18-26(19-45)48-32-27(11-24(13-30(32)52-3)36(50)47-17-23-8-9-28(47)31(23)39)44-34(48)29-12-22-5-4-10-40-33(22)46(29)16-21-6-7-21/h4-5,10-15,21,23,26,28,31,51H,6-9,16-20,39H2,1-3H3,(H,41,42,43)/t23-,28-,31-/m1/s1. The fraction of sp³-hybridized carbons (Fsp3) is 0.474. The Kier molecular flexibility index (Phi) is 7.74. The van der Waals surface area contributed by atoms with Crippen molar-refractivity contribution in [2.24, 2.45) is 17.6 Å². The maximum Gasteiger partial charge on any atom is 0.257 e. The number of ether oxygens (including phenoxy) is 1. The normalized spacial score (nSPS) is 21.7. The average molecular weight is 705 g/mol. The van der Waals surface area contributed by atoms with Crippen molar-refractivity contribution in [3.63, 3.8) is 0 Å². The number of anilines is 1. The van der Waals surface area contributed by atoms with Crippen molar-refractivity contribution >= 4 is 39.8 Å². The number of pyridine rings is 1. The molecule has 2 aliphatic heterocycles. The molecule has 5 aromatic rings. The molecule has 4 aliphatic rings. The fourth-order valence-electron chi connectivity index (χ4n) is 8.27. The second-order valence-electron chi connectivity index (χ2n) is 15.6. The number of hydrogen-bond acceptors (Lipinski definition) is 10. The number of nitrogens with one attached hydrogen (secondary N) is 1. The number of rotatable bonds is 10. The zero-order valence-electron chi connectivity index (χ0n) is 29.7. The molecule has 4 aromatic heterocycles. The Hall–Kier alpha value is -5.08. The van der Waals surface area contributed by atoms with E-state index in [1.165, 1.54) is 25.2 Å². The molecule has 2 saturated heterocycles. The van der Waals surface area contributed by atoms with Crippen molar-refractivity contribution in [1.29, 1.82) is 0 Å². The van der Waals surface area contributed by atoms with Crippen LogP contribution in [0.1, 0.15) is 66.3 Å². The number of nitrogens with zero attached hydrogens (tertiary/aromatic N) is 8. The van der Waals surface area contributed by atoms with Crippen LogP contribution < -0.4 is 15.8 Å². The van der Waals surface area contributed by atoms with Gasteiger partial charge in [0.05, 0.1) is 35.5 Å². The second kappa shape index (κ2) is 12.3. The Bertz CT molecular complexity index is 2200. The maximum absolute atomic E-state index is 14.0. The number of likely N-dealkylation sites (tertiary alicyclic amines) is 2. The van der Waals surface area contributed by atoms with E-state index in [0.29, 0.717) is 59.8 Å². The lowest BCUT2D eigenvalue weighted by atomic mass is 10.1. The van der Waals surface area contributed by atoms with Crippen molar-refractivity contribution in [1.82, 2.24) is 38.9 Å². The molecular weight excluding hydrogens is 660 g/mol. The molecular formula is C38H44N10O4. The first-order valence-electron chi connectivity index (χ1n) is 18.2. The summed E-state index contributed by atoms with van der Waals surface area (Å²) in [5.74, 6) is 2.37. The Morgan fingerprint density at radius 3 is 2.48 bits per heavy atom. The summed E-state index contributed by atoms with van der Waals surface area (Å²) in [6, 6.07) is 9.85. The van der Waals surface area contributed by atoms with Gasteiger partial charge in [-0.05, 0) is 81.7 Å². The molecule has 52 heavy (non-hydrogen) atoms. The lowest BCUT2D eigenvalue weighted by Crippen LogP contribution is -2.51. The lowest BCUT2D eigenvalue weighted by Gasteiger charge is -2.41. The summed E-state index contributed by atoms with van der Waals surface area (Å²) in [7, 11) is 1.62. The van der Waals surface area contributed by atoms with Gasteiger partial charge in [-0.1, -0.05) is 0 Å². The van der Waals surface area contributed by atoms with E-state index in [9.17, 15) is 14.7 Å². The van der Waals surface area contributed by atoms with Crippen LogP contribution in [0.4, 0.5) is 5.95 Å². The third kappa shape index (κ3) is 5.64. The van der Waals surface area contributed by atoms with Crippen LogP contribution >= 0.6 is 0 Å². The van der Waals surface area contributed by atoms with Gasteiger partial charge in [0.15, 0.2) is 5.82 Å². The highest BCUT2D eigenvalue weighted by atomic mass is 16.5. The van der Waals surface area contributed by atoms with Crippen LogP contribution in [0.25, 0.3) is 33.6 Å². The number of aromatic nitrogens is 6. The van der Waals surface area contributed by atoms with E-state index in [1.54, 1.807) is 25.9 Å². The van der Waals surface area contributed by atoms with Crippen LogP contribution in [0.2, 0.25) is 0 Å². The number of carbonyl (C=O) groups excluding carboxylic acids is 2. The highest BCUT2D eigenvalue weighted by molar-refractivity contribution is 6.01. The largest absolute Gasteiger partial charge is 0.494 e. The highest BCUT2D eigenvalue weighted by Crippen LogP contribution is 2.42. The number of hydrogen-bond donors (Lipinski definition) is 3. The number of amides is 2. The lowest BCUT2D eigenvalue weighted by molar-refractivity contribution is 0.0526. The molecule has 0 radical (unpaired) electrons. The van der Waals surface area contributed by atoms with Crippen molar-refractivity contribution in [2.45, 2.75) is 69.8 Å². The van der Waals surface area contributed by atoms with Crippen LogP contribution in [0.3, 0.4) is 0 Å². The molecule has 4 fully saturated rings. The first kappa shape index (κ1) is 32.8. The number of benzene rings is 1. The number of piperidine rings is 1. The summed E-state index contributed by atoms with van der Waals surface area (Å²) in [5.41, 5.74) is 9.78. The van der Waals surface area contributed by atoms with Crippen molar-refractivity contribution in [3.05, 3.63) is 60.0 Å². The van der Waals surface area contributed by atoms with Gasteiger partial charge >= 0.3 is 0 Å². The van der Waals surface area contributed by atoms with Gasteiger partial charge in [0.2, 0.25) is 5.95 Å². The van der Waals surface area contributed by atoms with E-state index in [1.807, 2.05) is 29.3 Å². The van der Waals surface area contributed by atoms with E-state index in [0.717, 1.165) is 47.5 Å². The second-order valence-corrected chi connectivity index (χ2v) is 15.6. The van der Waals surface area contributed by atoms with Gasteiger partial charge in [-0.2, -0.15) is 0 Å².